The first-order valence-electron chi connectivity index (χ1n) is 10.8. The molecule has 1 amide bonds. The van der Waals surface area contributed by atoms with Gasteiger partial charge in [0.15, 0.2) is 0 Å². The van der Waals surface area contributed by atoms with Gasteiger partial charge >= 0.3 is 0 Å². The predicted molar refractivity (Wildman–Crippen MR) is 117 cm³/mol. The van der Waals surface area contributed by atoms with Crippen molar-refractivity contribution in [2.75, 3.05) is 32.7 Å². The highest BCUT2D eigenvalue weighted by atomic mass is 16.1. The molecule has 4 heteroatoms. The number of carbonyl (C=O) groups is 1. The molecule has 27 heavy (non-hydrogen) atoms. The Balaban J connectivity index is 0.00000114. The van der Waals surface area contributed by atoms with E-state index in [4.69, 9.17) is 0 Å². The Morgan fingerprint density at radius 3 is 2.48 bits per heavy atom. The molecule has 2 unspecified atom stereocenters. The molecule has 2 aliphatic rings. The van der Waals surface area contributed by atoms with Crippen molar-refractivity contribution in [3.63, 3.8) is 0 Å². The van der Waals surface area contributed by atoms with E-state index >= 15 is 0 Å². The summed E-state index contributed by atoms with van der Waals surface area (Å²) in [7, 11) is 0. The zero-order chi connectivity index (χ0) is 20.1. The van der Waals surface area contributed by atoms with E-state index in [1.807, 2.05) is 12.2 Å². The molecule has 0 bridgehead atoms. The second kappa shape index (κ2) is 13.6. The van der Waals surface area contributed by atoms with Gasteiger partial charge in [0.05, 0.1) is 0 Å². The Morgan fingerprint density at radius 1 is 1.26 bits per heavy atom. The maximum Gasteiger partial charge on any atom is 0.223 e. The van der Waals surface area contributed by atoms with Crippen LogP contribution >= 0.6 is 0 Å². The van der Waals surface area contributed by atoms with Crippen molar-refractivity contribution in [2.45, 2.75) is 59.8 Å². The van der Waals surface area contributed by atoms with Crippen LogP contribution in [0, 0.1) is 11.8 Å². The Hall–Kier alpha value is -1.55. The molecule has 0 aromatic heterocycles. The molecular weight excluding hydrogens is 334 g/mol. The first-order valence-corrected chi connectivity index (χ1v) is 10.8. The molecule has 1 aliphatic heterocycles. The van der Waals surface area contributed by atoms with Crippen LogP contribution in [-0.4, -0.2) is 43.5 Å². The zero-order valence-corrected chi connectivity index (χ0v) is 18.0. The van der Waals surface area contributed by atoms with E-state index in [2.05, 4.69) is 55.9 Å². The average Bonchev–Trinajstić information content (AvgIpc) is 2.68. The standard InChI is InChI=1S/C20H33N3O.C3H8/c1-4-7-18(19(5-2)23-12-10-21-11-13-23)15-22-20(24)17-9-6-8-16(3)14-17;1-3-2/h4-5,7,16-17,21H,1,6,8-15H2,2-3H3,(H,22,24);3H2,1-2H3/b18-7-,19-5+;. The molecule has 4 nitrogen and oxygen atoms in total. The maximum atomic E-state index is 12.5. The summed E-state index contributed by atoms with van der Waals surface area (Å²) >= 11 is 0. The lowest BCUT2D eigenvalue weighted by molar-refractivity contribution is -0.126. The lowest BCUT2D eigenvalue weighted by atomic mass is 9.82. The normalized spacial score (nSPS) is 23.9. The largest absolute Gasteiger partial charge is 0.369 e. The van der Waals surface area contributed by atoms with Crippen molar-refractivity contribution in [3.8, 4) is 0 Å². The fraction of sp³-hybridized carbons (Fsp3) is 0.696. The van der Waals surface area contributed by atoms with E-state index in [0.717, 1.165) is 44.6 Å². The molecule has 2 N–H and O–H groups in total. The van der Waals surface area contributed by atoms with E-state index in [9.17, 15) is 4.79 Å². The van der Waals surface area contributed by atoms with Crippen LogP contribution in [0.25, 0.3) is 0 Å². The fourth-order valence-electron chi connectivity index (χ4n) is 3.85. The number of rotatable bonds is 6. The number of hydrogen-bond acceptors (Lipinski definition) is 3. The molecule has 0 aromatic rings. The van der Waals surface area contributed by atoms with E-state index < -0.39 is 0 Å². The molecule has 2 atom stereocenters. The molecule has 1 aliphatic carbocycles. The average molecular weight is 376 g/mol. The van der Waals surface area contributed by atoms with Crippen molar-refractivity contribution in [2.24, 2.45) is 11.8 Å². The van der Waals surface area contributed by atoms with Gasteiger partial charge in [0.25, 0.3) is 0 Å². The van der Waals surface area contributed by atoms with Gasteiger partial charge in [0.1, 0.15) is 0 Å². The van der Waals surface area contributed by atoms with Crippen molar-refractivity contribution >= 4 is 5.91 Å². The number of carbonyl (C=O) groups excluding carboxylic acids is 1. The van der Waals surface area contributed by atoms with E-state index in [1.54, 1.807) is 0 Å². The number of amides is 1. The molecule has 0 spiro atoms. The van der Waals surface area contributed by atoms with Gasteiger partial charge in [-0.1, -0.05) is 64.8 Å². The molecule has 2 rings (SSSR count). The lowest BCUT2D eigenvalue weighted by Gasteiger charge is -2.33. The van der Waals surface area contributed by atoms with E-state index in [-0.39, 0.29) is 11.8 Å². The summed E-state index contributed by atoms with van der Waals surface area (Å²) in [6.07, 6.45) is 11.7. The van der Waals surface area contributed by atoms with Crippen LogP contribution in [0.3, 0.4) is 0 Å². The summed E-state index contributed by atoms with van der Waals surface area (Å²) in [5.41, 5.74) is 2.36. The molecule has 1 saturated heterocycles. The molecule has 2 fully saturated rings. The van der Waals surface area contributed by atoms with Crippen molar-refractivity contribution in [1.82, 2.24) is 15.5 Å². The number of piperazine rings is 1. The van der Waals surface area contributed by atoms with Gasteiger partial charge < -0.3 is 15.5 Å². The second-order valence-electron chi connectivity index (χ2n) is 7.73. The topological polar surface area (TPSA) is 44.4 Å². The van der Waals surface area contributed by atoms with Crippen molar-refractivity contribution < 1.29 is 4.79 Å². The van der Waals surface area contributed by atoms with Gasteiger partial charge in [-0.15, -0.1) is 0 Å². The first-order chi connectivity index (χ1) is 13.1. The number of nitrogens with one attached hydrogen (secondary N) is 2. The minimum Gasteiger partial charge on any atom is -0.369 e. The Morgan fingerprint density at radius 2 is 1.93 bits per heavy atom. The van der Waals surface area contributed by atoms with Crippen LogP contribution in [-0.2, 0) is 4.79 Å². The third-order valence-corrected chi connectivity index (χ3v) is 5.14. The first kappa shape index (κ1) is 23.5. The van der Waals surface area contributed by atoms with Crippen LogP contribution in [0.5, 0.6) is 0 Å². The van der Waals surface area contributed by atoms with Gasteiger partial charge in [-0.3, -0.25) is 4.79 Å². The Kier molecular flexibility index (Phi) is 11.8. The molecule has 1 saturated carbocycles. The number of allylic oxidation sites excluding steroid dienone is 3. The fourth-order valence-corrected chi connectivity index (χ4v) is 3.85. The monoisotopic (exact) mass is 375 g/mol. The minimum absolute atomic E-state index is 0.187. The summed E-state index contributed by atoms with van der Waals surface area (Å²) in [5.74, 6) is 1.07. The molecule has 0 radical (unpaired) electrons. The van der Waals surface area contributed by atoms with E-state index in [1.165, 1.54) is 25.0 Å². The summed E-state index contributed by atoms with van der Waals surface area (Å²) in [5, 5.41) is 6.56. The zero-order valence-electron chi connectivity index (χ0n) is 18.0. The Bertz CT molecular complexity index is 504. The van der Waals surface area contributed by atoms with Crippen molar-refractivity contribution in [3.05, 3.63) is 36.1 Å². The summed E-state index contributed by atoms with van der Waals surface area (Å²) in [6.45, 7) is 17.0. The van der Waals surface area contributed by atoms with E-state index in [0.29, 0.717) is 12.5 Å². The smallest absolute Gasteiger partial charge is 0.223 e. The lowest BCUT2D eigenvalue weighted by Crippen LogP contribution is -2.44. The van der Waals surface area contributed by atoms with Crippen LogP contribution < -0.4 is 10.6 Å². The maximum absolute atomic E-state index is 12.5. The highest BCUT2D eigenvalue weighted by Crippen LogP contribution is 2.28. The van der Waals surface area contributed by atoms with Crippen LogP contribution in [0.1, 0.15) is 59.8 Å². The molecule has 0 aromatic carbocycles. The summed E-state index contributed by atoms with van der Waals surface area (Å²) in [6, 6.07) is 0. The van der Waals surface area contributed by atoms with Gasteiger partial charge in [0, 0.05) is 44.3 Å². The third-order valence-electron chi connectivity index (χ3n) is 5.14. The quantitative estimate of drug-likeness (QED) is 0.682. The number of nitrogens with zero attached hydrogens (tertiary/aromatic N) is 1. The second-order valence-corrected chi connectivity index (χ2v) is 7.73. The molecular formula is C23H41N3O. The summed E-state index contributed by atoms with van der Waals surface area (Å²) < 4.78 is 0. The molecule has 1 heterocycles. The van der Waals surface area contributed by atoms with Gasteiger partial charge in [-0.05, 0) is 31.3 Å². The van der Waals surface area contributed by atoms with Gasteiger partial charge in [-0.2, -0.15) is 0 Å². The van der Waals surface area contributed by atoms with Crippen LogP contribution in [0.2, 0.25) is 0 Å². The predicted octanol–water partition coefficient (Wildman–Crippen LogP) is 4.27. The molecule has 154 valence electrons. The Labute approximate surface area is 167 Å². The third kappa shape index (κ3) is 8.34. The van der Waals surface area contributed by atoms with Gasteiger partial charge in [-0.25, -0.2) is 0 Å². The van der Waals surface area contributed by atoms with Crippen LogP contribution in [0.15, 0.2) is 36.1 Å². The highest BCUT2D eigenvalue weighted by molar-refractivity contribution is 5.79. The summed E-state index contributed by atoms with van der Waals surface area (Å²) in [4.78, 5) is 14.9. The number of hydrogen-bond donors (Lipinski definition) is 2. The minimum atomic E-state index is 0.187. The highest BCUT2D eigenvalue weighted by Gasteiger charge is 2.25. The van der Waals surface area contributed by atoms with Crippen LogP contribution in [0.4, 0.5) is 0 Å². The van der Waals surface area contributed by atoms with Gasteiger partial charge in [0.2, 0.25) is 5.91 Å². The SMILES string of the molecule is C=C/C=C(CNC(=O)C1CCCC(C)C1)\C(=C/C)N1CCNCC1.CCC. The van der Waals surface area contributed by atoms with Crippen molar-refractivity contribution in [1.29, 1.82) is 0 Å².